The Morgan fingerprint density at radius 2 is 2.19 bits per heavy atom. The van der Waals surface area contributed by atoms with Gasteiger partial charge in [-0.3, -0.25) is 0 Å². The average molecular weight is 379 g/mol. The number of hydrogen-bond acceptors (Lipinski definition) is 6. The van der Waals surface area contributed by atoms with Gasteiger partial charge in [0.25, 0.3) is 0 Å². The molecule has 0 saturated heterocycles. The molecular formula is C11H12BrFN4O3S. The molecule has 2 rings (SSSR count). The molecule has 2 aromatic rings. The van der Waals surface area contributed by atoms with Gasteiger partial charge in [0.15, 0.2) is 5.82 Å². The van der Waals surface area contributed by atoms with Crippen LogP contribution in [0.2, 0.25) is 0 Å². The summed E-state index contributed by atoms with van der Waals surface area (Å²) in [6, 6.07) is 2.59. The van der Waals surface area contributed by atoms with E-state index in [1.165, 1.54) is 6.07 Å². The van der Waals surface area contributed by atoms with Gasteiger partial charge in [0.05, 0.1) is 6.54 Å². The molecule has 0 aliphatic rings. The Morgan fingerprint density at radius 1 is 1.48 bits per heavy atom. The first-order valence-electron chi connectivity index (χ1n) is 5.80. The molecule has 1 aromatic heterocycles. The lowest BCUT2D eigenvalue weighted by Crippen LogP contribution is -2.25. The van der Waals surface area contributed by atoms with Crippen LogP contribution in [0.25, 0.3) is 0 Å². The van der Waals surface area contributed by atoms with Crippen molar-refractivity contribution >= 4 is 26.0 Å². The Labute approximate surface area is 128 Å². The molecule has 7 nitrogen and oxygen atoms in total. The molecule has 114 valence electrons. The van der Waals surface area contributed by atoms with Crippen LogP contribution in [0, 0.1) is 12.7 Å². The number of aromatic nitrogens is 2. The van der Waals surface area contributed by atoms with Crippen molar-refractivity contribution in [1.82, 2.24) is 14.9 Å². The molecular weight excluding hydrogens is 367 g/mol. The Morgan fingerprint density at radius 3 is 2.76 bits per heavy atom. The number of benzene rings is 1. The third-order valence-corrected chi connectivity index (χ3v) is 4.43. The van der Waals surface area contributed by atoms with Gasteiger partial charge >= 0.3 is 0 Å². The van der Waals surface area contributed by atoms with Crippen molar-refractivity contribution in [2.45, 2.75) is 24.9 Å². The van der Waals surface area contributed by atoms with E-state index in [-0.39, 0.29) is 24.5 Å². The number of hydrogen-bond donors (Lipinski definition) is 2. The highest BCUT2D eigenvalue weighted by molar-refractivity contribution is 9.10. The molecule has 0 aliphatic heterocycles. The van der Waals surface area contributed by atoms with Gasteiger partial charge in [-0.2, -0.15) is 4.98 Å². The van der Waals surface area contributed by atoms with E-state index >= 15 is 0 Å². The van der Waals surface area contributed by atoms with Gasteiger partial charge in [-0.25, -0.2) is 17.5 Å². The molecule has 1 heterocycles. The predicted molar refractivity (Wildman–Crippen MR) is 75.1 cm³/mol. The smallest absolute Gasteiger partial charge is 0.244 e. The van der Waals surface area contributed by atoms with Gasteiger partial charge in [-0.1, -0.05) is 21.1 Å². The van der Waals surface area contributed by atoms with Gasteiger partial charge in [-0.05, 0) is 19.1 Å². The zero-order chi connectivity index (χ0) is 15.6. The van der Waals surface area contributed by atoms with E-state index in [2.05, 4.69) is 30.8 Å². The van der Waals surface area contributed by atoms with Gasteiger partial charge in [0, 0.05) is 16.6 Å². The number of rotatable bonds is 5. The van der Waals surface area contributed by atoms with Crippen molar-refractivity contribution in [3.8, 4) is 0 Å². The van der Waals surface area contributed by atoms with Crippen LogP contribution in [0.5, 0.6) is 0 Å². The van der Waals surface area contributed by atoms with Crippen LogP contribution in [0.4, 0.5) is 4.39 Å². The first kappa shape index (κ1) is 16.0. The van der Waals surface area contributed by atoms with Crippen LogP contribution in [-0.2, 0) is 23.1 Å². The predicted octanol–water partition coefficient (Wildman–Crippen LogP) is 1.22. The van der Waals surface area contributed by atoms with Gasteiger partial charge in [-0.15, -0.1) is 0 Å². The van der Waals surface area contributed by atoms with Crippen molar-refractivity contribution in [2.24, 2.45) is 5.73 Å². The van der Waals surface area contributed by atoms with E-state index in [4.69, 9.17) is 10.3 Å². The van der Waals surface area contributed by atoms with Crippen LogP contribution < -0.4 is 10.5 Å². The minimum atomic E-state index is -4.07. The molecule has 10 heteroatoms. The molecule has 0 unspecified atom stereocenters. The van der Waals surface area contributed by atoms with Crippen molar-refractivity contribution in [3.05, 3.63) is 39.7 Å². The summed E-state index contributed by atoms with van der Waals surface area (Å²) in [7, 11) is -4.07. The lowest BCUT2D eigenvalue weighted by Gasteiger charge is -2.09. The number of aryl methyl sites for hydroxylation is 1. The van der Waals surface area contributed by atoms with Crippen molar-refractivity contribution < 1.29 is 17.3 Å². The molecule has 1 aromatic carbocycles. The van der Waals surface area contributed by atoms with E-state index < -0.39 is 20.7 Å². The van der Waals surface area contributed by atoms with Gasteiger partial charge < -0.3 is 10.3 Å². The van der Waals surface area contributed by atoms with E-state index in [0.717, 1.165) is 6.07 Å². The molecule has 3 N–H and O–H groups in total. The third kappa shape index (κ3) is 3.64. The highest BCUT2D eigenvalue weighted by atomic mass is 79.9. The largest absolute Gasteiger partial charge is 0.338 e. The van der Waals surface area contributed by atoms with E-state index in [1.807, 2.05) is 0 Å². The highest BCUT2D eigenvalue weighted by Crippen LogP contribution is 2.24. The second-order valence-electron chi connectivity index (χ2n) is 4.14. The number of halogens is 2. The van der Waals surface area contributed by atoms with Crippen molar-refractivity contribution in [2.75, 3.05) is 0 Å². The summed E-state index contributed by atoms with van der Waals surface area (Å²) in [5.74, 6) is -0.413. The molecule has 0 spiro atoms. The SMILES string of the molecule is Cc1noc(CNS(=O)(=O)c2cc(Br)cc(CN)c2F)n1. The van der Waals surface area contributed by atoms with Crippen LogP contribution in [0.3, 0.4) is 0 Å². The van der Waals surface area contributed by atoms with Crippen molar-refractivity contribution in [1.29, 1.82) is 0 Å². The minimum Gasteiger partial charge on any atom is -0.338 e. The van der Waals surface area contributed by atoms with Crippen molar-refractivity contribution in [3.63, 3.8) is 0 Å². The highest BCUT2D eigenvalue weighted by Gasteiger charge is 2.22. The monoisotopic (exact) mass is 378 g/mol. The average Bonchev–Trinajstić information content (AvgIpc) is 2.84. The lowest BCUT2D eigenvalue weighted by molar-refractivity contribution is 0.372. The van der Waals surface area contributed by atoms with Gasteiger partial charge in [0.2, 0.25) is 15.9 Å². The van der Waals surface area contributed by atoms with E-state index in [1.54, 1.807) is 6.92 Å². The zero-order valence-electron chi connectivity index (χ0n) is 10.9. The first-order valence-corrected chi connectivity index (χ1v) is 8.08. The lowest BCUT2D eigenvalue weighted by atomic mass is 10.2. The number of nitrogens with two attached hydrogens (primary N) is 1. The summed E-state index contributed by atoms with van der Waals surface area (Å²) in [4.78, 5) is 3.36. The van der Waals surface area contributed by atoms with Crippen LogP contribution >= 0.6 is 15.9 Å². The molecule has 0 fully saturated rings. The van der Waals surface area contributed by atoms with E-state index in [9.17, 15) is 12.8 Å². The number of nitrogens with one attached hydrogen (secondary N) is 1. The van der Waals surface area contributed by atoms with Crippen LogP contribution in [0.1, 0.15) is 17.3 Å². The summed E-state index contributed by atoms with van der Waals surface area (Å²) in [5.41, 5.74) is 5.49. The second-order valence-corrected chi connectivity index (χ2v) is 6.79. The molecule has 21 heavy (non-hydrogen) atoms. The molecule has 0 amide bonds. The summed E-state index contributed by atoms with van der Waals surface area (Å²) >= 11 is 3.12. The summed E-state index contributed by atoms with van der Waals surface area (Å²) in [6.07, 6.45) is 0. The Balaban J connectivity index is 2.29. The summed E-state index contributed by atoms with van der Waals surface area (Å²) in [6.45, 7) is 1.26. The quantitative estimate of drug-likeness (QED) is 0.808. The van der Waals surface area contributed by atoms with Gasteiger partial charge in [0.1, 0.15) is 10.7 Å². The third-order valence-electron chi connectivity index (χ3n) is 2.57. The minimum absolute atomic E-state index is 0.0885. The van der Waals surface area contributed by atoms with E-state index in [0.29, 0.717) is 10.3 Å². The number of sulfonamides is 1. The summed E-state index contributed by atoms with van der Waals surface area (Å²) in [5, 5.41) is 3.53. The second kappa shape index (κ2) is 6.18. The maximum atomic E-state index is 14.1. The first-order chi connectivity index (χ1) is 9.83. The zero-order valence-corrected chi connectivity index (χ0v) is 13.3. The topological polar surface area (TPSA) is 111 Å². The summed E-state index contributed by atoms with van der Waals surface area (Å²) < 4.78 is 45.8. The fraction of sp³-hybridized carbons (Fsp3) is 0.273. The molecule has 0 aliphatic carbocycles. The standard InChI is InChI=1S/C11H12BrFN4O3S/c1-6-16-10(20-17-6)5-15-21(18,19)9-3-8(12)2-7(4-14)11(9)13/h2-3,15H,4-5,14H2,1H3. The normalized spacial score (nSPS) is 11.8. The molecule has 0 bridgehead atoms. The molecule has 0 saturated carbocycles. The fourth-order valence-electron chi connectivity index (χ4n) is 1.61. The Kier molecular flexibility index (Phi) is 4.71. The fourth-order valence-corrected chi connectivity index (χ4v) is 3.38. The van der Waals surface area contributed by atoms with Crippen LogP contribution in [-0.4, -0.2) is 18.6 Å². The molecule has 0 radical (unpaired) electrons. The maximum Gasteiger partial charge on any atom is 0.244 e. The Bertz CT molecular complexity index is 763. The number of nitrogens with zero attached hydrogens (tertiary/aromatic N) is 2. The molecule has 0 atom stereocenters. The Hall–Kier alpha value is -1.36. The maximum absolute atomic E-state index is 14.1. The van der Waals surface area contributed by atoms with Crippen LogP contribution in [0.15, 0.2) is 26.0 Å².